The standard InChI is InChI=1S/C13H15NO2/c15-12(16)13-7-11(13)10(8-14-13)6-9-4-2-1-3-5-9/h1-5,10-11,14H,6-8H2,(H,15,16)/t10?,11?,13-/m0/s1. The van der Waals surface area contributed by atoms with Crippen LogP contribution in [-0.4, -0.2) is 23.2 Å². The molecule has 1 saturated carbocycles. The van der Waals surface area contributed by atoms with Gasteiger partial charge < -0.3 is 10.4 Å². The Morgan fingerprint density at radius 2 is 2.19 bits per heavy atom. The van der Waals surface area contributed by atoms with Crippen LogP contribution < -0.4 is 5.32 Å². The summed E-state index contributed by atoms with van der Waals surface area (Å²) in [5.41, 5.74) is 0.738. The van der Waals surface area contributed by atoms with E-state index in [0.29, 0.717) is 11.8 Å². The van der Waals surface area contributed by atoms with Gasteiger partial charge in [-0.05, 0) is 36.8 Å². The van der Waals surface area contributed by atoms with Crippen molar-refractivity contribution < 1.29 is 9.90 Å². The van der Waals surface area contributed by atoms with Gasteiger partial charge in [0.05, 0.1) is 0 Å². The molecule has 84 valence electrons. The molecule has 2 aliphatic rings. The average molecular weight is 217 g/mol. The highest BCUT2D eigenvalue weighted by Crippen LogP contribution is 2.53. The molecule has 1 aliphatic carbocycles. The van der Waals surface area contributed by atoms with E-state index in [1.54, 1.807) is 0 Å². The molecule has 3 heteroatoms. The van der Waals surface area contributed by atoms with Crippen LogP contribution in [0.4, 0.5) is 0 Å². The van der Waals surface area contributed by atoms with Crippen LogP contribution in [0.5, 0.6) is 0 Å². The van der Waals surface area contributed by atoms with Gasteiger partial charge in [0.25, 0.3) is 0 Å². The molecule has 3 rings (SSSR count). The zero-order chi connectivity index (χ0) is 11.2. The molecule has 1 aliphatic heterocycles. The Balaban J connectivity index is 1.70. The fourth-order valence-electron chi connectivity index (χ4n) is 2.97. The van der Waals surface area contributed by atoms with E-state index in [1.807, 2.05) is 18.2 Å². The fourth-order valence-corrected chi connectivity index (χ4v) is 2.97. The molecule has 1 saturated heterocycles. The number of benzene rings is 1. The van der Waals surface area contributed by atoms with E-state index in [9.17, 15) is 4.79 Å². The number of carboxylic acids is 1. The SMILES string of the molecule is O=C(O)[C@]12CC1C(Cc1ccccc1)CN2. The second-order valence-electron chi connectivity index (χ2n) is 4.92. The van der Waals surface area contributed by atoms with E-state index in [0.717, 1.165) is 19.4 Å². The number of nitrogens with one attached hydrogen (secondary N) is 1. The zero-order valence-corrected chi connectivity index (χ0v) is 9.02. The first-order valence-corrected chi connectivity index (χ1v) is 5.75. The smallest absolute Gasteiger partial charge is 0.324 e. The van der Waals surface area contributed by atoms with Gasteiger partial charge in [-0.1, -0.05) is 30.3 Å². The summed E-state index contributed by atoms with van der Waals surface area (Å²) in [5, 5.41) is 12.3. The molecular weight excluding hydrogens is 202 g/mol. The maximum Gasteiger partial charge on any atom is 0.324 e. The average Bonchev–Trinajstić information content (AvgIpc) is 2.94. The maximum absolute atomic E-state index is 11.1. The third-order valence-corrected chi connectivity index (χ3v) is 3.99. The highest BCUT2D eigenvalue weighted by Gasteiger charge is 2.66. The number of carbonyl (C=O) groups is 1. The zero-order valence-electron chi connectivity index (χ0n) is 9.02. The summed E-state index contributed by atoms with van der Waals surface area (Å²) < 4.78 is 0. The van der Waals surface area contributed by atoms with Gasteiger partial charge in [-0.2, -0.15) is 0 Å². The monoisotopic (exact) mass is 217 g/mol. The van der Waals surface area contributed by atoms with Crippen molar-refractivity contribution in [3.8, 4) is 0 Å². The van der Waals surface area contributed by atoms with Gasteiger partial charge in [0.2, 0.25) is 0 Å². The predicted molar refractivity (Wildman–Crippen MR) is 60.1 cm³/mol. The molecule has 3 nitrogen and oxygen atoms in total. The molecule has 0 amide bonds. The van der Waals surface area contributed by atoms with Crippen LogP contribution in [-0.2, 0) is 11.2 Å². The number of piperidine rings is 1. The van der Waals surface area contributed by atoms with Crippen LogP contribution in [0.15, 0.2) is 30.3 Å². The normalized spacial score (nSPS) is 35.8. The summed E-state index contributed by atoms with van der Waals surface area (Å²) in [7, 11) is 0. The van der Waals surface area contributed by atoms with Crippen molar-refractivity contribution in [2.45, 2.75) is 18.4 Å². The summed E-state index contributed by atoms with van der Waals surface area (Å²) >= 11 is 0. The van der Waals surface area contributed by atoms with Gasteiger partial charge in [0.1, 0.15) is 5.54 Å². The van der Waals surface area contributed by atoms with Gasteiger partial charge in [-0.25, -0.2) is 0 Å². The number of aliphatic carboxylic acids is 1. The third-order valence-electron chi connectivity index (χ3n) is 3.99. The molecule has 2 unspecified atom stereocenters. The molecule has 0 aromatic heterocycles. The van der Waals surface area contributed by atoms with Crippen molar-refractivity contribution >= 4 is 5.97 Å². The first kappa shape index (κ1) is 9.85. The lowest BCUT2D eigenvalue weighted by molar-refractivity contribution is -0.140. The summed E-state index contributed by atoms with van der Waals surface area (Å²) in [5.74, 6) is 0.150. The van der Waals surface area contributed by atoms with Crippen LogP contribution in [0.1, 0.15) is 12.0 Å². The largest absolute Gasteiger partial charge is 0.480 e. The number of hydrogen-bond acceptors (Lipinski definition) is 2. The number of rotatable bonds is 3. The molecule has 0 radical (unpaired) electrons. The topological polar surface area (TPSA) is 49.3 Å². The molecule has 1 aromatic carbocycles. The minimum Gasteiger partial charge on any atom is -0.480 e. The molecule has 0 spiro atoms. The van der Waals surface area contributed by atoms with E-state index < -0.39 is 11.5 Å². The van der Waals surface area contributed by atoms with Gasteiger partial charge in [0.15, 0.2) is 0 Å². The highest BCUT2D eigenvalue weighted by atomic mass is 16.4. The van der Waals surface area contributed by atoms with Gasteiger partial charge in [0, 0.05) is 0 Å². The summed E-state index contributed by atoms with van der Waals surface area (Å²) in [6.45, 7) is 0.839. The summed E-state index contributed by atoms with van der Waals surface area (Å²) in [4.78, 5) is 11.1. The van der Waals surface area contributed by atoms with Crippen molar-refractivity contribution in [1.29, 1.82) is 0 Å². The highest BCUT2D eigenvalue weighted by molar-refractivity contribution is 5.84. The first-order chi connectivity index (χ1) is 7.72. The van der Waals surface area contributed by atoms with Crippen LogP contribution in [0, 0.1) is 11.8 Å². The Labute approximate surface area is 94.5 Å². The van der Waals surface area contributed by atoms with Crippen LogP contribution >= 0.6 is 0 Å². The lowest BCUT2D eigenvalue weighted by atomic mass is 9.95. The van der Waals surface area contributed by atoms with E-state index in [2.05, 4.69) is 17.4 Å². The summed E-state index contributed by atoms with van der Waals surface area (Å²) in [6.07, 6.45) is 1.80. The summed E-state index contributed by atoms with van der Waals surface area (Å²) in [6, 6.07) is 10.3. The maximum atomic E-state index is 11.1. The van der Waals surface area contributed by atoms with Crippen molar-refractivity contribution in [3.05, 3.63) is 35.9 Å². The lowest BCUT2D eigenvalue weighted by Crippen LogP contribution is -2.36. The fraction of sp³-hybridized carbons (Fsp3) is 0.462. The Kier molecular flexibility index (Phi) is 2.04. The molecule has 2 fully saturated rings. The van der Waals surface area contributed by atoms with E-state index in [1.165, 1.54) is 5.56 Å². The minimum absolute atomic E-state index is 0.338. The minimum atomic E-state index is -0.673. The molecular formula is C13H15NO2. The molecule has 1 aromatic rings. The van der Waals surface area contributed by atoms with Crippen molar-refractivity contribution in [3.63, 3.8) is 0 Å². The van der Waals surface area contributed by atoms with Crippen molar-refractivity contribution in [2.24, 2.45) is 11.8 Å². The third kappa shape index (κ3) is 1.35. The van der Waals surface area contributed by atoms with E-state index >= 15 is 0 Å². The lowest BCUT2D eigenvalue weighted by Gasteiger charge is -2.10. The second kappa shape index (κ2) is 3.32. The molecule has 0 bridgehead atoms. The first-order valence-electron chi connectivity index (χ1n) is 5.75. The van der Waals surface area contributed by atoms with Crippen molar-refractivity contribution in [1.82, 2.24) is 5.32 Å². The number of fused-ring (bicyclic) bond motifs is 1. The quantitative estimate of drug-likeness (QED) is 0.802. The Bertz CT molecular complexity index is 417. The number of carboxylic acid groups (broad SMARTS) is 1. The molecule has 1 heterocycles. The van der Waals surface area contributed by atoms with Crippen LogP contribution in [0.3, 0.4) is 0 Å². The van der Waals surface area contributed by atoms with Crippen molar-refractivity contribution in [2.75, 3.05) is 6.54 Å². The van der Waals surface area contributed by atoms with E-state index in [4.69, 9.17) is 5.11 Å². The predicted octanol–water partition coefficient (Wildman–Crippen LogP) is 1.29. The Hall–Kier alpha value is -1.35. The molecule has 3 atom stereocenters. The Morgan fingerprint density at radius 3 is 2.75 bits per heavy atom. The van der Waals surface area contributed by atoms with Crippen LogP contribution in [0.25, 0.3) is 0 Å². The second-order valence-corrected chi connectivity index (χ2v) is 4.92. The molecule has 2 N–H and O–H groups in total. The number of hydrogen-bond donors (Lipinski definition) is 2. The van der Waals surface area contributed by atoms with Gasteiger partial charge in [-0.15, -0.1) is 0 Å². The Morgan fingerprint density at radius 1 is 1.44 bits per heavy atom. The van der Waals surface area contributed by atoms with Gasteiger partial charge in [-0.3, -0.25) is 4.79 Å². The van der Waals surface area contributed by atoms with E-state index in [-0.39, 0.29) is 0 Å². The van der Waals surface area contributed by atoms with Gasteiger partial charge >= 0.3 is 5.97 Å². The molecule has 16 heavy (non-hydrogen) atoms. The van der Waals surface area contributed by atoms with Crippen LogP contribution in [0.2, 0.25) is 0 Å².